The molecule has 0 aliphatic heterocycles. The number of carbonyl (C=O) groups excluding carboxylic acids is 1. The predicted molar refractivity (Wildman–Crippen MR) is 72.2 cm³/mol. The number of thiazole rings is 1. The summed E-state index contributed by atoms with van der Waals surface area (Å²) >= 11 is 6.91. The molecule has 9 heteroatoms. The number of amidine groups is 1. The molecule has 0 N–H and O–H groups in total. The van der Waals surface area contributed by atoms with Crippen LogP contribution in [0.25, 0.3) is 0 Å². The number of aliphatic imine (C=N–C) groups is 1. The SMILES string of the molecule is CCN=C(CC(=O)C(F)(F)F)N(C)Cc1cnc(Cl)s1. The van der Waals surface area contributed by atoms with Crippen molar-refractivity contribution in [1.29, 1.82) is 0 Å². The van der Waals surface area contributed by atoms with Crippen LogP contribution < -0.4 is 0 Å². The van der Waals surface area contributed by atoms with Gasteiger partial charge in [0.25, 0.3) is 0 Å². The Morgan fingerprint density at radius 3 is 2.65 bits per heavy atom. The van der Waals surface area contributed by atoms with Crippen molar-refractivity contribution >= 4 is 34.6 Å². The van der Waals surface area contributed by atoms with Gasteiger partial charge in [0.15, 0.2) is 4.47 Å². The third kappa shape index (κ3) is 5.09. The summed E-state index contributed by atoms with van der Waals surface area (Å²) in [6, 6.07) is 0. The highest BCUT2D eigenvalue weighted by molar-refractivity contribution is 7.15. The van der Waals surface area contributed by atoms with E-state index < -0.39 is 18.4 Å². The molecule has 4 nitrogen and oxygen atoms in total. The van der Waals surface area contributed by atoms with Crippen molar-refractivity contribution in [3.05, 3.63) is 15.5 Å². The first kappa shape index (κ1) is 16.9. The molecule has 0 aliphatic rings. The summed E-state index contributed by atoms with van der Waals surface area (Å²) < 4.78 is 37.2. The van der Waals surface area contributed by atoms with Gasteiger partial charge in [-0.1, -0.05) is 11.6 Å². The molecule has 0 bridgehead atoms. The van der Waals surface area contributed by atoms with E-state index >= 15 is 0 Å². The number of alkyl halides is 3. The molecule has 1 aromatic heterocycles. The first-order valence-corrected chi connectivity index (χ1v) is 6.88. The molecule has 0 amide bonds. The lowest BCUT2D eigenvalue weighted by atomic mass is 10.2. The first-order chi connectivity index (χ1) is 9.24. The number of rotatable bonds is 5. The van der Waals surface area contributed by atoms with Gasteiger partial charge < -0.3 is 4.90 Å². The Bertz CT molecular complexity index is 501. The summed E-state index contributed by atoms with van der Waals surface area (Å²) in [5.74, 6) is -1.71. The molecule has 112 valence electrons. The number of carbonyl (C=O) groups is 1. The van der Waals surface area contributed by atoms with Crippen molar-refractivity contribution in [2.24, 2.45) is 4.99 Å². The second-order valence-corrected chi connectivity index (χ2v) is 5.62. The minimum atomic E-state index is -4.84. The molecule has 0 aliphatic carbocycles. The number of hydrogen-bond donors (Lipinski definition) is 0. The molecule has 0 unspecified atom stereocenters. The fourth-order valence-corrected chi connectivity index (χ4v) is 2.45. The Hall–Kier alpha value is -1.15. The van der Waals surface area contributed by atoms with Crippen LogP contribution in [0.5, 0.6) is 0 Å². The zero-order chi connectivity index (χ0) is 15.3. The average Bonchev–Trinajstić information content (AvgIpc) is 2.72. The lowest BCUT2D eigenvalue weighted by molar-refractivity contribution is -0.169. The van der Waals surface area contributed by atoms with E-state index in [9.17, 15) is 18.0 Å². The van der Waals surface area contributed by atoms with E-state index in [2.05, 4.69) is 9.98 Å². The molecule has 0 spiro atoms. The van der Waals surface area contributed by atoms with E-state index in [1.54, 1.807) is 20.2 Å². The normalized spacial score (nSPS) is 12.6. The number of hydrogen-bond acceptors (Lipinski definition) is 4. The van der Waals surface area contributed by atoms with Crippen LogP contribution in [-0.4, -0.2) is 41.3 Å². The summed E-state index contributed by atoms with van der Waals surface area (Å²) in [5, 5.41) is 0. The molecule has 0 radical (unpaired) electrons. The van der Waals surface area contributed by atoms with Gasteiger partial charge in [0, 0.05) is 24.7 Å². The standard InChI is InChI=1S/C11H13ClF3N3OS/c1-3-16-9(4-8(19)11(13,14)15)18(2)6-7-5-17-10(12)20-7/h5H,3-4,6H2,1-2H3. The number of nitrogens with zero attached hydrogens (tertiary/aromatic N) is 3. The Balaban J connectivity index is 2.76. The van der Waals surface area contributed by atoms with Crippen LogP contribution >= 0.6 is 22.9 Å². The second-order valence-electron chi connectivity index (χ2n) is 3.92. The fraction of sp³-hybridized carbons (Fsp3) is 0.545. The number of halogens is 4. The maximum absolute atomic E-state index is 12.3. The van der Waals surface area contributed by atoms with E-state index in [0.29, 0.717) is 17.6 Å². The summed E-state index contributed by atoms with van der Waals surface area (Å²) in [6.45, 7) is 2.29. The number of aromatic nitrogens is 1. The molecule has 1 aromatic rings. The van der Waals surface area contributed by atoms with E-state index in [-0.39, 0.29) is 5.84 Å². The van der Waals surface area contributed by atoms with Crippen molar-refractivity contribution in [2.45, 2.75) is 26.1 Å². The minimum Gasteiger partial charge on any atom is -0.358 e. The van der Waals surface area contributed by atoms with Gasteiger partial charge >= 0.3 is 6.18 Å². The van der Waals surface area contributed by atoms with Gasteiger partial charge in [-0.15, -0.1) is 11.3 Å². The maximum atomic E-state index is 12.3. The number of ketones is 1. The van der Waals surface area contributed by atoms with Gasteiger partial charge in [-0.2, -0.15) is 13.2 Å². The summed E-state index contributed by atoms with van der Waals surface area (Å²) in [7, 11) is 1.58. The third-order valence-corrected chi connectivity index (χ3v) is 3.43. The predicted octanol–water partition coefficient (Wildman–Crippen LogP) is 3.17. The van der Waals surface area contributed by atoms with Gasteiger partial charge in [-0.05, 0) is 6.92 Å². The van der Waals surface area contributed by atoms with Crippen LogP contribution in [0.1, 0.15) is 18.2 Å². The fourth-order valence-electron chi connectivity index (χ4n) is 1.42. The second kappa shape index (κ2) is 7.03. The van der Waals surface area contributed by atoms with E-state index in [1.807, 2.05) is 0 Å². The maximum Gasteiger partial charge on any atom is 0.450 e. The van der Waals surface area contributed by atoms with Crippen LogP contribution in [0.15, 0.2) is 11.2 Å². The lowest BCUT2D eigenvalue weighted by Gasteiger charge is -2.20. The molecule has 1 rings (SSSR count). The minimum absolute atomic E-state index is 0.0966. The highest BCUT2D eigenvalue weighted by Gasteiger charge is 2.39. The zero-order valence-corrected chi connectivity index (χ0v) is 12.4. The monoisotopic (exact) mass is 327 g/mol. The van der Waals surface area contributed by atoms with Gasteiger partial charge in [0.2, 0.25) is 5.78 Å². The highest BCUT2D eigenvalue weighted by Crippen LogP contribution is 2.21. The van der Waals surface area contributed by atoms with Crippen LogP contribution in [0.2, 0.25) is 4.47 Å². The topological polar surface area (TPSA) is 45.6 Å². The van der Waals surface area contributed by atoms with Crippen molar-refractivity contribution in [3.63, 3.8) is 0 Å². The van der Waals surface area contributed by atoms with E-state index in [0.717, 1.165) is 4.88 Å². The van der Waals surface area contributed by atoms with Crippen LogP contribution in [0.3, 0.4) is 0 Å². The Morgan fingerprint density at radius 2 is 2.20 bits per heavy atom. The average molecular weight is 328 g/mol. The largest absolute Gasteiger partial charge is 0.450 e. The smallest absolute Gasteiger partial charge is 0.358 e. The summed E-state index contributed by atoms with van der Waals surface area (Å²) in [5.41, 5.74) is 0. The zero-order valence-electron chi connectivity index (χ0n) is 10.9. The van der Waals surface area contributed by atoms with Crippen molar-refractivity contribution in [2.75, 3.05) is 13.6 Å². The Labute approximate surface area is 123 Å². The van der Waals surface area contributed by atoms with Crippen molar-refractivity contribution in [3.8, 4) is 0 Å². The Morgan fingerprint density at radius 1 is 1.55 bits per heavy atom. The molecular formula is C11H13ClF3N3OS. The van der Waals surface area contributed by atoms with E-state index in [1.165, 1.54) is 16.2 Å². The third-order valence-electron chi connectivity index (χ3n) is 2.33. The summed E-state index contributed by atoms with van der Waals surface area (Å²) in [4.78, 5) is 21.1. The molecule has 0 aromatic carbocycles. The molecule has 0 atom stereocenters. The first-order valence-electron chi connectivity index (χ1n) is 5.68. The van der Waals surface area contributed by atoms with Gasteiger partial charge in [-0.3, -0.25) is 9.79 Å². The summed E-state index contributed by atoms with van der Waals surface area (Å²) in [6.07, 6.45) is -4.07. The molecule has 0 saturated heterocycles. The van der Waals surface area contributed by atoms with E-state index in [4.69, 9.17) is 11.6 Å². The molecule has 0 saturated carbocycles. The van der Waals surface area contributed by atoms with Gasteiger partial charge in [0.05, 0.1) is 13.0 Å². The molecule has 1 heterocycles. The molecule has 20 heavy (non-hydrogen) atoms. The quantitative estimate of drug-likeness (QED) is 0.616. The van der Waals surface area contributed by atoms with Crippen molar-refractivity contribution in [1.82, 2.24) is 9.88 Å². The number of Topliss-reactive ketones (excluding diaryl/α,β-unsaturated/α-hetero) is 1. The molecular weight excluding hydrogens is 315 g/mol. The highest BCUT2D eigenvalue weighted by atomic mass is 35.5. The molecule has 0 fully saturated rings. The van der Waals surface area contributed by atoms with Gasteiger partial charge in [0.1, 0.15) is 5.84 Å². The lowest BCUT2D eigenvalue weighted by Crippen LogP contribution is -2.33. The van der Waals surface area contributed by atoms with Crippen LogP contribution in [0, 0.1) is 0 Å². The van der Waals surface area contributed by atoms with Crippen molar-refractivity contribution < 1.29 is 18.0 Å². The van der Waals surface area contributed by atoms with Gasteiger partial charge in [-0.25, -0.2) is 4.98 Å². The Kier molecular flexibility index (Phi) is 5.94. The van der Waals surface area contributed by atoms with Crippen LogP contribution in [0.4, 0.5) is 13.2 Å². The van der Waals surface area contributed by atoms with Crippen LogP contribution in [-0.2, 0) is 11.3 Å².